The smallest absolute Gasteiger partial charge is 0.255 e. The van der Waals surface area contributed by atoms with E-state index in [9.17, 15) is 9.59 Å². The van der Waals surface area contributed by atoms with Crippen LogP contribution in [0.3, 0.4) is 0 Å². The van der Waals surface area contributed by atoms with Crippen LogP contribution in [0.25, 0.3) is 10.9 Å². The lowest BCUT2D eigenvalue weighted by Crippen LogP contribution is -2.13. The molecule has 0 unspecified atom stereocenters. The zero-order valence-electron chi connectivity index (χ0n) is 17.0. The molecule has 156 valence electrons. The Morgan fingerprint density at radius 2 is 1.65 bits per heavy atom. The number of fused-ring (bicyclic) bond motifs is 1. The molecule has 0 aliphatic carbocycles. The molecule has 0 saturated heterocycles. The van der Waals surface area contributed by atoms with Crippen LogP contribution < -0.4 is 16.8 Å². The van der Waals surface area contributed by atoms with E-state index in [-0.39, 0.29) is 11.7 Å². The van der Waals surface area contributed by atoms with E-state index in [0.29, 0.717) is 42.0 Å². The highest BCUT2D eigenvalue weighted by atomic mass is 16.1. The average Bonchev–Trinajstić information content (AvgIpc) is 3.22. The quantitative estimate of drug-likeness (QED) is 0.268. The number of carbonyl (C=O) groups excluding carboxylic acids is 2. The first kappa shape index (κ1) is 20.4. The van der Waals surface area contributed by atoms with Gasteiger partial charge in [-0.1, -0.05) is 30.3 Å². The molecule has 6 nitrogen and oxygen atoms in total. The molecule has 4 rings (SSSR count). The van der Waals surface area contributed by atoms with Crippen molar-refractivity contribution in [3.8, 4) is 0 Å². The van der Waals surface area contributed by atoms with Gasteiger partial charge in [-0.25, -0.2) is 0 Å². The summed E-state index contributed by atoms with van der Waals surface area (Å²) >= 11 is 0. The van der Waals surface area contributed by atoms with Crippen molar-refractivity contribution in [3.05, 3.63) is 95.2 Å². The number of anilines is 2. The van der Waals surface area contributed by atoms with Gasteiger partial charge in [-0.05, 0) is 60.0 Å². The van der Waals surface area contributed by atoms with Gasteiger partial charge in [0.1, 0.15) is 0 Å². The molecule has 0 radical (unpaired) electrons. The van der Waals surface area contributed by atoms with Gasteiger partial charge < -0.3 is 21.8 Å². The second-order valence-corrected chi connectivity index (χ2v) is 7.47. The lowest BCUT2D eigenvalue weighted by atomic mass is 10.0. The third-order valence-corrected chi connectivity index (χ3v) is 5.29. The zero-order chi connectivity index (χ0) is 21.8. The van der Waals surface area contributed by atoms with Gasteiger partial charge in [0, 0.05) is 29.4 Å². The van der Waals surface area contributed by atoms with E-state index in [1.54, 1.807) is 24.3 Å². The number of hydrogen-bond donors (Lipinski definition) is 4. The number of nitrogens with two attached hydrogens (primary N) is 2. The van der Waals surface area contributed by atoms with Crippen molar-refractivity contribution in [2.75, 3.05) is 11.1 Å². The third-order valence-electron chi connectivity index (χ3n) is 5.29. The minimum absolute atomic E-state index is 0.0480. The summed E-state index contributed by atoms with van der Waals surface area (Å²) in [5.41, 5.74) is 16.7. The molecule has 6 heteroatoms. The normalized spacial score (nSPS) is 10.9. The predicted molar refractivity (Wildman–Crippen MR) is 124 cm³/mol. The van der Waals surface area contributed by atoms with Crippen molar-refractivity contribution in [1.29, 1.82) is 0 Å². The van der Waals surface area contributed by atoms with Crippen LogP contribution in [0.2, 0.25) is 0 Å². The van der Waals surface area contributed by atoms with Gasteiger partial charge in [-0.15, -0.1) is 0 Å². The summed E-state index contributed by atoms with van der Waals surface area (Å²) in [5.74, 6) is -0.178. The molecule has 4 aromatic rings. The second-order valence-electron chi connectivity index (χ2n) is 7.47. The summed E-state index contributed by atoms with van der Waals surface area (Å²) in [6, 6.07) is 22.1. The number of aryl methyl sites for hydroxylation is 1. The summed E-state index contributed by atoms with van der Waals surface area (Å²) in [4.78, 5) is 28.2. The molecule has 1 aromatic heterocycles. The fourth-order valence-corrected chi connectivity index (χ4v) is 3.48. The standard InChI is InChI=1S/C25H24N4O2/c26-15-17-7-11-21-19(13-17)14-23(28-21)24(30)12-8-16-5-9-18(10-6-16)25(31)29-22-4-2-1-3-20(22)27/h1-7,9-11,13-14,28H,8,12,15,26-27H2,(H,29,31). The number of rotatable bonds is 7. The van der Waals surface area contributed by atoms with Crippen molar-refractivity contribution >= 4 is 34.0 Å². The molecular formula is C25H24N4O2. The van der Waals surface area contributed by atoms with Crippen molar-refractivity contribution in [2.24, 2.45) is 5.73 Å². The fourth-order valence-electron chi connectivity index (χ4n) is 3.48. The van der Waals surface area contributed by atoms with E-state index in [4.69, 9.17) is 11.5 Å². The Morgan fingerprint density at radius 3 is 2.39 bits per heavy atom. The number of benzene rings is 3. The van der Waals surface area contributed by atoms with Crippen molar-refractivity contribution in [1.82, 2.24) is 4.98 Å². The number of para-hydroxylation sites is 2. The molecule has 0 bridgehead atoms. The van der Waals surface area contributed by atoms with Crippen LogP contribution in [0.1, 0.15) is 38.4 Å². The SMILES string of the molecule is NCc1ccc2[nH]c(C(=O)CCc3ccc(C(=O)Nc4ccccc4N)cc3)cc2c1. The van der Waals surface area contributed by atoms with E-state index in [2.05, 4.69) is 10.3 Å². The van der Waals surface area contributed by atoms with Crippen LogP contribution >= 0.6 is 0 Å². The number of H-pyrrole nitrogens is 1. The summed E-state index contributed by atoms with van der Waals surface area (Å²) in [6.45, 7) is 0.469. The number of aromatic amines is 1. The molecule has 0 saturated carbocycles. The number of aromatic nitrogens is 1. The van der Waals surface area contributed by atoms with Gasteiger partial charge in [0.05, 0.1) is 17.1 Å². The highest BCUT2D eigenvalue weighted by molar-refractivity contribution is 6.05. The number of nitrogens with one attached hydrogen (secondary N) is 2. The second kappa shape index (κ2) is 8.85. The maximum atomic E-state index is 12.6. The van der Waals surface area contributed by atoms with Gasteiger partial charge in [-0.3, -0.25) is 9.59 Å². The Morgan fingerprint density at radius 1 is 0.903 bits per heavy atom. The van der Waals surface area contributed by atoms with E-state index in [1.165, 1.54) is 0 Å². The van der Waals surface area contributed by atoms with E-state index in [0.717, 1.165) is 22.0 Å². The van der Waals surface area contributed by atoms with Crippen LogP contribution in [0, 0.1) is 0 Å². The molecule has 31 heavy (non-hydrogen) atoms. The number of nitrogen functional groups attached to an aromatic ring is 1. The Bertz CT molecular complexity index is 1240. The minimum atomic E-state index is -0.226. The number of Topliss-reactive ketones (excluding diaryl/α,β-unsaturated/α-hetero) is 1. The number of amides is 1. The van der Waals surface area contributed by atoms with Gasteiger partial charge in [0.2, 0.25) is 0 Å². The van der Waals surface area contributed by atoms with Gasteiger partial charge in [-0.2, -0.15) is 0 Å². The maximum absolute atomic E-state index is 12.6. The molecule has 0 aliphatic heterocycles. The molecule has 0 atom stereocenters. The van der Waals surface area contributed by atoms with Crippen molar-refractivity contribution in [2.45, 2.75) is 19.4 Å². The Balaban J connectivity index is 1.37. The van der Waals surface area contributed by atoms with Crippen LogP contribution in [0.5, 0.6) is 0 Å². The summed E-state index contributed by atoms with van der Waals surface area (Å²) in [6.07, 6.45) is 0.971. The average molecular weight is 412 g/mol. The highest BCUT2D eigenvalue weighted by Crippen LogP contribution is 2.20. The van der Waals surface area contributed by atoms with E-state index < -0.39 is 0 Å². The lowest BCUT2D eigenvalue weighted by Gasteiger charge is -2.08. The minimum Gasteiger partial charge on any atom is -0.397 e. The molecular weight excluding hydrogens is 388 g/mol. The van der Waals surface area contributed by atoms with Crippen LogP contribution in [-0.2, 0) is 13.0 Å². The number of hydrogen-bond acceptors (Lipinski definition) is 4. The molecule has 1 heterocycles. The lowest BCUT2D eigenvalue weighted by molar-refractivity contribution is 0.0977. The summed E-state index contributed by atoms with van der Waals surface area (Å²) < 4.78 is 0. The monoisotopic (exact) mass is 412 g/mol. The molecule has 0 spiro atoms. The molecule has 6 N–H and O–H groups in total. The predicted octanol–water partition coefficient (Wildman–Crippen LogP) is 4.28. The van der Waals surface area contributed by atoms with Crippen LogP contribution in [0.15, 0.2) is 72.8 Å². The van der Waals surface area contributed by atoms with Crippen LogP contribution in [-0.4, -0.2) is 16.7 Å². The first-order chi connectivity index (χ1) is 15.0. The topological polar surface area (TPSA) is 114 Å². The first-order valence-corrected chi connectivity index (χ1v) is 10.1. The Hall–Kier alpha value is -3.90. The summed E-state index contributed by atoms with van der Waals surface area (Å²) in [7, 11) is 0. The largest absolute Gasteiger partial charge is 0.397 e. The summed E-state index contributed by atoms with van der Waals surface area (Å²) in [5, 5.41) is 3.80. The Kier molecular flexibility index (Phi) is 5.82. The van der Waals surface area contributed by atoms with Gasteiger partial charge in [0.15, 0.2) is 5.78 Å². The van der Waals surface area contributed by atoms with Crippen molar-refractivity contribution in [3.63, 3.8) is 0 Å². The Labute approximate surface area is 180 Å². The van der Waals surface area contributed by atoms with Crippen molar-refractivity contribution < 1.29 is 9.59 Å². The number of ketones is 1. The van der Waals surface area contributed by atoms with E-state index in [1.807, 2.05) is 48.5 Å². The van der Waals surface area contributed by atoms with Gasteiger partial charge in [0.25, 0.3) is 5.91 Å². The third kappa shape index (κ3) is 4.65. The molecule has 0 fully saturated rings. The molecule has 1 amide bonds. The molecule has 0 aliphatic rings. The van der Waals surface area contributed by atoms with Gasteiger partial charge >= 0.3 is 0 Å². The number of carbonyl (C=O) groups is 2. The van der Waals surface area contributed by atoms with Crippen LogP contribution in [0.4, 0.5) is 11.4 Å². The fraction of sp³-hybridized carbons (Fsp3) is 0.120. The maximum Gasteiger partial charge on any atom is 0.255 e. The first-order valence-electron chi connectivity index (χ1n) is 10.1. The molecule has 3 aromatic carbocycles. The van der Waals surface area contributed by atoms with E-state index >= 15 is 0 Å². The zero-order valence-corrected chi connectivity index (χ0v) is 17.0. The highest BCUT2D eigenvalue weighted by Gasteiger charge is 2.11.